The van der Waals surface area contributed by atoms with E-state index >= 15 is 0 Å². The van der Waals surface area contributed by atoms with Gasteiger partial charge in [-0.05, 0) is 48.1 Å². The Kier molecular flexibility index (Phi) is 4.24. The van der Waals surface area contributed by atoms with Crippen molar-refractivity contribution in [2.45, 2.75) is 26.2 Å². The van der Waals surface area contributed by atoms with Crippen LogP contribution in [0.4, 0.5) is 11.4 Å². The largest absolute Gasteiger partial charge is 0.326 e. The molecular weight excluding hydrogens is 296 g/mol. The topological polar surface area (TPSA) is 49.4 Å². The molecule has 0 spiro atoms. The fourth-order valence-electron chi connectivity index (χ4n) is 2.67. The Hall–Kier alpha value is -2.14. The number of anilines is 2. The average Bonchev–Trinajstić information content (AvgIpc) is 3.07. The van der Waals surface area contributed by atoms with Crippen molar-refractivity contribution in [3.8, 4) is 0 Å². The lowest BCUT2D eigenvalue weighted by Gasteiger charge is -2.29. The summed E-state index contributed by atoms with van der Waals surface area (Å²) in [5, 5.41) is 4.79. The summed E-state index contributed by atoms with van der Waals surface area (Å²) in [6, 6.07) is 9.54. The average molecular weight is 314 g/mol. The molecule has 0 unspecified atom stereocenters. The second kappa shape index (κ2) is 6.32. The van der Waals surface area contributed by atoms with Crippen molar-refractivity contribution >= 4 is 34.5 Å². The highest BCUT2D eigenvalue weighted by molar-refractivity contribution is 7.12. The van der Waals surface area contributed by atoms with E-state index in [0.717, 1.165) is 41.2 Å². The van der Waals surface area contributed by atoms with Crippen molar-refractivity contribution in [2.24, 2.45) is 0 Å². The van der Waals surface area contributed by atoms with Gasteiger partial charge in [0.05, 0.1) is 4.88 Å². The fourth-order valence-corrected chi connectivity index (χ4v) is 3.34. The molecule has 1 aromatic heterocycles. The Morgan fingerprint density at radius 1 is 1.32 bits per heavy atom. The summed E-state index contributed by atoms with van der Waals surface area (Å²) in [5.74, 6) is 0.0589. The zero-order chi connectivity index (χ0) is 15.5. The number of fused-ring (bicyclic) bond motifs is 1. The Morgan fingerprint density at radius 2 is 2.18 bits per heavy atom. The Balaban J connectivity index is 1.87. The van der Waals surface area contributed by atoms with Crippen molar-refractivity contribution < 1.29 is 9.59 Å². The molecule has 3 rings (SSSR count). The molecule has 1 aromatic carbocycles. The molecule has 0 atom stereocenters. The van der Waals surface area contributed by atoms with E-state index in [1.165, 1.54) is 11.3 Å². The zero-order valence-corrected chi connectivity index (χ0v) is 13.3. The lowest BCUT2D eigenvalue weighted by molar-refractivity contribution is -0.115. The maximum atomic E-state index is 12.6. The van der Waals surface area contributed by atoms with Gasteiger partial charge in [-0.25, -0.2) is 0 Å². The molecule has 0 saturated heterocycles. The number of amides is 2. The number of hydrogen-bond donors (Lipinski definition) is 1. The highest BCUT2D eigenvalue weighted by Gasteiger charge is 2.24. The lowest BCUT2D eigenvalue weighted by atomic mass is 10.0. The molecule has 0 saturated carbocycles. The van der Waals surface area contributed by atoms with Crippen molar-refractivity contribution in [3.63, 3.8) is 0 Å². The summed E-state index contributed by atoms with van der Waals surface area (Å²) in [6.45, 7) is 2.57. The van der Waals surface area contributed by atoms with E-state index in [1.54, 1.807) is 0 Å². The third kappa shape index (κ3) is 2.90. The van der Waals surface area contributed by atoms with E-state index in [0.29, 0.717) is 6.42 Å². The van der Waals surface area contributed by atoms with Crippen LogP contribution in [0.25, 0.3) is 0 Å². The van der Waals surface area contributed by atoms with Gasteiger partial charge in [0.15, 0.2) is 0 Å². The Bertz CT molecular complexity index is 695. The van der Waals surface area contributed by atoms with Crippen LogP contribution in [0.15, 0.2) is 35.7 Å². The van der Waals surface area contributed by atoms with Gasteiger partial charge in [-0.1, -0.05) is 13.0 Å². The van der Waals surface area contributed by atoms with Gasteiger partial charge in [0, 0.05) is 24.3 Å². The minimum atomic E-state index is 0.00211. The molecule has 0 fully saturated rings. The van der Waals surface area contributed by atoms with Crippen LogP contribution in [0.1, 0.15) is 35.0 Å². The van der Waals surface area contributed by atoms with Crippen LogP contribution in [-0.2, 0) is 11.2 Å². The minimum Gasteiger partial charge on any atom is -0.326 e. The van der Waals surface area contributed by atoms with Crippen LogP contribution in [0, 0.1) is 0 Å². The molecule has 2 amide bonds. The molecule has 1 aliphatic heterocycles. The maximum Gasteiger partial charge on any atom is 0.268 e. The predicted molar refractivity (Wildman–Crippen MR) is 89.7 cm³/mol. The highest BCUT2D eigenvalue weighted by atomic mass is 32.1. The van der Waals surface area contributed by atoms with Crippen LogP contribution in [-0.4, -0.2) is 18.4 Å². The van der Waals surface area contributed by atoms with Gasteiger partial charge in [-0.2, -0.15) is 0 Å². The van der Waals surface area contributed by atoms with Gasteiger partial charge in [0.1, 0.15) is 0 Å². The summed E-state index contributed by atoms with van der Waals surface area (Å²) in [6.07, 6.45) is 2.33. The standard InChI is InChI=1S/C17H18N2O2S/c1-2-16(20)18-13-7-8-14-12(11-13)5-3-9-19(14)17(21)15-6-4-10-22-15/h4,6-8,10-11H,2-3,5,9H2,1H3,(H,18,20). The van der Waals surface area contributed by atoms with E-state index in [-0.39, 0.29) is 11.8 Å². The quantitative estimate of drug-likeness (QED) is 0.939. The van der Waals surface area contributed by atoms with Crippen molar-refractivity contribution in [2.75, 3.05) is 16.8 Å². The molecule has 1 N–H and O–H groups in total. The van der Waals surface area contributed by atoms with Crippen LogP contribution < -0.4 is 10.2 Å². The third-order valence-electron chi connectivity index (χ3n) is 3.78. The molecular formula is C17H18N2O2S. The molecule has 1 aliphatic rings. The number of nitrogens with zero attached hydrogens (tertiary/aromatic N) is 1. The van der Waals surface area contributed by atoms with Gasteiger partial charge in [0.2, 0.25) is 5.91 Å². The lowest BCUT2D eigenvalue weighted by Crippen LogP contribution is -2.35. The summed E-state index contributed by atoms with van der Waals surface area (Å²) in [4.78, 5) is 26.7. The van der Waals surface area contributed by atoms with E-state index in [1.807, 2.05) is 47.5 Å². The predicted octanol–water partition coefficient (Wildman–Crippen LogP) is 3.69. The number of aryl methyl sites for hydroxylation is 1. The first-order valence-corrected chi connectivity index (χ1v) is 8.35. The van der Waals surface area contributed by atoms with Crippen molar-refractivity contribution in [1.29, 1.82) is 0 Å². The van der Waals surface area contributed by atoms with Gasteiger partial charge in [-0.15, -0.1) is 11.3 Å². The monoisotopic (exact) mass is 314 g/mol. The van der Waals surface area contributed by atoms with Gasteiger partial charge in [-0.3, -0.25) is 9.59 Å². The summed E-state index contributed by atoms with van der Waals surface area (Å²) < 4.78 is 0. The number of carbonyl (C=O) groups excluding carboxylic acids is 2. The molecule has 5 heteroatoms. The second-order valence-corrected chi connectivity index (χ2v) is 6.23. The van der Waals surface area contributed by atoms with Crippen LogP contribution in [0.2, 0.25) is 0 Å². The highest BCUT2D eigenvalue weighted by Crippen LogP contribution is 2.31. The summed E-state index contributed by atoms with van der Waals surface area (Å²) in [7, 11) is 0. The molecule has 2 aromatic rings. The molecule has 114 valence electrons. The van der Waals surface area contributed by atoms with Crippen LogP contribution in [0.3, 0.4) is 0 Å². The molecule has 4 nitrogen and oxygen atoms in total. The molecule has 22 heavy (non-hydrogen) atoms. The van der Waals surface area contributed by atoms with Crippen molar-refractivity contribution in [1.82, 2.24) is 0 Å². The molecule has 0 radical (unpaired) electrons. The third-order valence-corrected chi connectivity index (χ3v) is 4.64. The molecule has 2 heterocycles. The number of thiophene rings is 1. The van der Waals surface area contributed by atoms with Crippen LogP contribution >= 0.6 is 11.3 Å². The second-order valence-electron chi connectivity index (χ2n) is 5.28. The number of nitrogens with one attached hydrogen (secondary N) is 1. The van der Waals surface area contributed by atoms with Crippen LogP contribution in [0.5, 0.6) is 0 Å². The number of carbonyl (C=O) groups is 2. The minimum absolute atomic E-state index is 0.00211. The number of rotatable bonds is 3. The number of hydrogen-bond acceptors (Lipinski definition) is 3. The number of benzene rings is 1. The van der Waals surface area contributed by atoms with E-state index in [9.17, 15) is 9.59 Å². The fraction of sp³-hybridized carbons (Fsp3) is 0.294. The zero-order valence-electron chi connectivity index (χ0n) is 12.5. The smallest absolute Gasteiger partial charge is 0.268 e. The molecule has 0 aliphatic carbocycles. The maximum absolute atomic E-state index is 12.6. The van der Waals surface area contributed by atoms with Gasteiger partial charge in [0.25, 0.3) is 5.91 Å². The van der Waals surface area contributed by atoms with Crippen molar-refractivity contribution in [3.05, 3.63) is 46.2 Å². The summed E-state index contributed by atoms with van der Waals surface area (Å²) in [5.41, 5.74) is 2.88. The SMILES string of the molecule is CCC(=O)Nc1ccc2c(c1)CCCN2C(=O)c1cccs1. The normalized spacial score (nSPS) is 13.6. The van der Waals surface area contributed by atoms with E-state index in [2.05, 4.69) is 5.32 Å². The van der Waals surface area contributed by atoms with Gasteiger partial charge < -0.3 is 10.2 Å². The first-order chi connectivity index (χ1) is 10.7. The Morgan fingerprint density at radius 3 is 2.91 bits per heavy atom. The van der Waals surface area contributed by atoms with E-state index in [4.69, 9.17) is 0 Å². The molecule has 0 bridgehead atoms. The Labute approximate surface area is 133 Å². The summed E-state index contributed by atoms with van der Waals surface area (Å²) >= 11 is 1.47. The van der Waals surface area contributed by atoms with Gasteiger partial charge >= 0.3 is 0 Å². The van der Waals surface area contributed by atoms with E-state index < -0.39 is 0 Å². The first kappa shape index (κ1) is 14.8. The first-order valence-electron chi connectivity index (χ1n) is 7.47.